The van der Waals surface area contributed by atoms with E-state index in [1.165, 1.54) is 11.1 Å². The SMILES string of the molecule is C=C1NCCc2cc(-c3cc(-c4ccc(CC5CN(C(C)C)C5)cc4)c(F)nc3N)ccc21. The van der Waals surface area contributed by atoms with Gasteiger partial charge in [0, 0.05) is 48.1 Å². The van der Waals surface area contributed by atoms with E-state index in [9.17, 15) is 4.39 Å². The lowest BCUT2D eigenvalue weighted by molar-refractivity contribution is 0.0681. The van der Waals surface area contributed by atoms with Crippen molar-refractivity contribution >= 4 is 11.5 Å². The quantitative estimate of drug-likeness (QED) is 0.538. The standard InChI is InChI=1S/C28H31FN4/c1-17(2)33-15-20(16-33)12-19-4-6-21(7-5-19)25-14-26(28(30)32-27(25)29)22-8-9-24-18(3)31-11-10-23(24)13-22/h4-9,13-14,17,20,31H,3,10-12,15-16H2,1-2H3,(H2,30,32). The molecule has 1 fully saturated rings. The summed E-state index contributed by atoms with van der Waals surface area (Å²) in [6, 6.07) is 16.8. The zero-order valence-corrected chi connectivity index (χ0v) is 19.4. The summed E-state index contributed by atoms with van der Waals surface area (Å²) in [4.78, 5) is 6.54. The maximum Gasteiger partial charge on any atom is 0.222 e. The molecule has 1 aromatic heterocycles. The first-order chi connectivity index (χ1) is 15.9. The molecule has 0 bridgehead atoms. The van der Waals surface area contributed by atoms with Gasteiger partial charge in [0.1, 0.15) is 5.82 Å². The van der Waals surface area contributed by atoms with Crippen molar-refractivity contribution in [3.8, 4) is 22.3 Å². The second kappa shape index (κ2) is 8.64. The Morgan fingerprint density at radius 3 is 2.52 bits per heavy atom. The van der Waals surface area contributed by atoms with E-state index >= 15 is 0 Å². The third-order valence-corrected chi connectivity index (χ3v) is 6.98. The average molecular weight is 443 g/mol. The molecule has 0 radical (unpaired) electrons. The normalized spacial score (nSPS) is 16.4. The fourth-order valence-electron chi connectivity index (χ4n) is 4.96. The number of nitrogen functional groups attached to an aromatic ring is 1. The predicted molar refractivity (Wildman–Crippen MR) is 134 cm³/mol. The molecule has 33 heavy (non-hydrogen) atoms. The molecule has 4 nitrogen and oxygen atoms in total. The Kier molecular flexibility index (Phi) is 5.67. The number of nitrogens with one attached hydrogen (secondary N) is 1. The van der Waals surface area contributed by atoms with Crippen LogP contribution >= 0.6 is 0 Å². The van der Waals surface area contributed by atoms with E-state index in [4.69, 9.17) is 5.73 Å². The van der Waals surface area contributed by atoms with Crippen LogP contribution in [0.25, 0.3) is 28.0 Å². The third kappa shape index (κ3) is 4.25. The number of pyridine rings is 1. The van der Waals surface area contributed by atoms with E-state index < -0.39 is 5.95 Å². The summed E-state index contributed by atoms with van der Waals surface area (Å²) in [7, 11) is 0. The van der Waals surface area contributed by atoms with Gasteiger partial charge in [-0.1, -0.05) is 49.0 Å². The Morgan fingerprint density at radius 1 is 1.06 bits per heavy atom. The van der Waals surface area contributed by atoms with Crippen molar-refractivity contribution in [3.05, 3.63) is 77.7 Å². The van der Waals surface area contributed by atoms with Gasteiger partial charge in [0.25, 0.3) is 0 Å². The van der Waals surface area contributed by atoms with E-state index in [2.05, 4.69) is 59.9 Å². The number of fused-ring (bicyclic) bond motifs is 1. The third-order valence-electron chi connectivity index (χ3n) is 6.98. The molecular weight excluding hydrogens is 411 g/mol. The lowest BCUT2D eigenvalue weighted by Crippen LogP contribution is -2.50. The van der Waals surface area contributed by atoms with E-state index in [1.807, 2.05) is 24.3 Å². The summed E-state index contributed by atoms with van der Waals surface area (Å²) >= 11 is 0. The molecule has 0 aliphatic carbocycles. The zero-order valence-electron chi connectivity index (χ0n) is 19.4. The second-order valence-electron chi connectivity index (χ2n) is 9.60. The Hall–Kier alpha value is -3.18. The van der Waals surface area contributed by atoms with Gasteiger partial charge in [0.05, 0.1) is 0 Å². The number of benzene rings is 2. The van der Waals surface area contributed by atoms with Crippen LogP contribution in [-0.2, 0) is 12.8 Å². The molecule has 5 heteroatoms. The lowest BCUT2D eigenvalue weighted by atomic mass is 9.90. The van der Waals surface area contributed by atoms with Crippen LogP contribution in [0.2, 0.25) is 0 Å². The lowest BCUT2D eigenvalue weighted by Gasteiger charge is -2.42. The molecule has 5 rings (SSSR count). The Morgan fingerprint density at radius 2 is 1.79 bits per heavy atom. The molecule has 0 spiro atoms. The summed E-state index contributed by atoms with van der Waals surface area (Å²) < 4.78 is 14.8. The van der Waals surface area contributed by atoms with Crippen LogP contribution in [0.5, 0.6) is 0 Å². The highest BCUT2D eigenvalue weighted by molar-refractivity contribution is 5.81. The summed E-state index contributed by atoms with van der Waals surface area (Å²) in [6.07, 6.45) is 1.98. The number of hydrogen-bond acceptors (Lipinski definition) is 4. The smallest absolute Gasteiger partial charge is 0.222 e. The first kappa shape index (κ1) is 21.7. The van der Waals surface area contributed by atoms with Crippen LogP contribution in [0.15, 0.2) is 55.1 Å². The molecule has 0 amide bonds. The van der Waals surface area contributed by atoms with Crippen LogP contribution in [0, 0.1) is 11.9 Å². The number of anilines is 1. The van der Waals surface area contributed by atoms with Crippen molar-refractivity contribution in [2.45, 2.75) is 32.7 Å². The molecule has 0 saturated carbocycles. The van der Waals surface area contributed by atoms with Gasteiger partial charge in [-0.25, -0.2) is 4.98 Å². The maximum atomic E-state index is 14.8. The average Bonchev–Trinajstić information content (AvgIpc) is 2.76. The van der Waals surface area contributed by atoms with E-state index in [1.54, 1.807) is 0 Å². The first-order valence-electron chi connectivity index (χ1n) is 11.7. The van der Waals surface area contributed by atoms with Gasteiger partial charge >= 0.3 is 0 Å². The van der Waals surface area contributed by atoms with Crippen LogP contribution in [0.1, 0.15) is 30.5 Å². The highest BCUT2D eigenvalue weighted by atomic mass is 19.1. The minimum absolute atomic E-state index is 0.209. The maximum absolute atomic E-state index is 14.8. The Balaban J connectivity index is 1.39. The number of halogens is 1. The molecule has 1 saturated heterocycles. The van der Waals surface area contributed by atoms with Crippen molar-refractivity contribution in [1.82, 2.24) is 15.2 Å². The van der Waals surface area contributed by atoms with Crippen molar-refractivity contribution < 1.29 is 4.39 Å². The van der Waals surface area contributed by atoms with E-state index in [-0.39, 0.29) is 5.82 Å². The fourth-order valence-corrected chi connectivity index (χ4v) is 4.96. The summed E-state index contributed by atoms with van der Waals surface area (Å²) in [5.74, 6) is 0.376. The summed E-state index contributed by atoms with van der Waals surface area (Å²) in [6.45, 7) is 11.7. The number of nitrogens with two attached hydrogens (primary N) is 1. The van der Waals surface area contributed by atoms with Gasteiger partial charge in [-0.3, -0.25) is 0 Å². The molecule has 2 aliphatic heterocycles. The Bertz CT molecular complexity index is 1190. The minimum atomic E-state index is -0.536. The highest BCUT2D eigenvalue weighted by Gasteiger charge is 2.28. The molecule has 2 aromatic carbocycles. The van der Waals surface area contributed by atoms with Gasteiger partial charge in [-0.2, -0.15) is 4.39 Å². The van der Waals surface area contributed by atoms with Crippen molar-refractivity contribution in [3.63, 3.8) is 0 Å². The number of aromatic nitrogens is 1. The minimum Gasteiger partial charge on any atom is -0.385 e. The number of hydrogen-bond donors (Lipinski definition) is 2. The van der Waals surface area contributed by atoms with Crippen molar-refractivity contribution in [2.75, 3.05) is 25.4 Å². The molecule has 3 N–H and O–H groups in total. The highest BCUT2D eigenvalue weighted by Crippen LogP contribution is 2.34. The molecule has 170 valence electrons. The van der Waals surface area contributed by atoms with Gasteiger partial charge in [0.15, 0.2) is 0 Å². The first-order valence-corrected chi connectivity index (χ1v) is 11.7. The molecule has 0 unspecified atom stereocenters. The van der Waals surface area contributed by atoms with Crippen LogP contribution in [-0.4, -0.2) is 35.6 Å². The van der Waals surface area contributed by atoms with Crippen molar-refractivity contribution in [2.24, 2.45) is 5.92 Å². The van der Waals surface area contributed by atoms with Gasteiger partial charge in [-0.15, -0.1) is 0 Å². The summed E-state index contributed by atoms with van der Waals surface area (Å²) in [5.41, 5.74) is 13.7. The molecule has 2 aliphatic rings. The van der Waals surface area contributed by atoms with E-state index in [0.29, 0.717) is 17.5 Å². The molecule has 0 atom stereocenters. The Labute approximate surface area is 195 Å². The van der Waals surface area contributed by atoms with Crippen LogP contribution in [0.4, 0.5) is 10.2 Å². The summed E-state index contributed by atoms with van der Waals surface area (Å²) in [5, 5.41) is 3.29. The zero-order chi connectivity index (χ0) is 23.1. The van der Waals surface area contributed by atoms with Crippen LogP contribution < -0.4 is 11.1 Å². The monoisotopic (exact) mass is 442 g/mol. The van der Waals surface area contributed by atoms with E-state index in [0.717, 1.165) is 60.4 Å². The van der Waals surface area contributed by atoms with Gasteiger partial charge in [0.2, 0.25) is 5.95 Å². The van der Waals surface area contributed by atoms with Gasteiger partial charge < -0.3 is 16.0 Å². The molecule has 3 heterocycles. The topological polar surface area (TPSA) is 54.2 Å². The number of rotatable bonds is 5. The number of likely N-dealkylation sites (tertiary alicyclic amines) is 1. The molecular formula is C28H31FN4. The van der Waals surface area contributed by atoms with Crippen molar-refractivity contribution in [1.29, 1.82) is 0 Å². The largest absolute Gasteiger partial charge is 0.385 e. The fraction of sp³-hybridized carbons (Fsp3) is 0.321. The van der Waals surface area contributed by atoms with Crippen LogP contribution in [0.3, 0.4) is 0 Å². The predicted octanol–water partition coefficient (Wildman–Crippen LogP) is 5.14. The second-order valence-corrected chi connectivity index (χ2v) is 9.60. The number of nitrogens with zero attached hydrogens (tertiary/aromatic N) is 2. The molecule has 3 aromatic rings. The van der Waals surface area contributed by atoms with Gasteiger partial charge in [-0.05, 0) is 60.9 Å².